The quantitative estimate of drug-likeness (QED) is 0.839. The summed E-state index contributed by atoms with van der Waals surface area (Å²) in [6.07, 6.45) is 3.10. The smallest absolute Gasteiger partial charge is 0.325 e. The van der Waals surface area contributed by atoms with Gasteiger partial charge in [0.2, 0.25) is 0 Å². The van der Waals surface area contributed by atoms with Gasteiger partial charge in [-0.2, -0.15) is 0 Å². The minimum atomic E-state index is -0.432. The lowest BCUT2D eigenvalue weighted by atomic mass is 10.0. The fraction of sp³-hybridized carbons (Fsp3) is 0.600. The molecule has 2 aliphatic rings. The first-order chi connectivity index (χ1) is 10.5. The molecule has 7 heteroatoms. The molecule has 3 rings (SSSR count). The van der Waals surface area contributed by atoms with E-state index in [0.29, 0.717) is 31.4 Å². The monoisotopic (exact) mass is 304 g/mol. The molecule has 0 aromatic carbocycles. The van der Waals surface area contributed by atoms with Gasteiger partial charge in [0.05, 0.1) is 25.5 Å². The van der Waals surface area contributed by atoms with Crippen LogP contribution in [-0.2, 0) is 29.1 Å². The van der Waals surface area contributed by atoms with Crippen LogP contribution in [0.25, 0.3) is 0 Å². The Morgan fingerprint density at radius 2 is 2.27 bits per heavy atom. The van der Waals surface area contributed by atoms with Crippen LogP contribution in [0.15, 0.2) is 6.20 Å². The minimum Gasteiger partial charge on any atom is -0.376 e. The minimum absolute atomic E-state index is 0.118. The zero-order valence-corrected chi connectivity index (χ0v) is 12.8. The zero-order chi connectivity index (χ0) is 15.7. The van der Waals surface area contributed by atoms with E-state index in [4.69, 9.17) is 4.74 Å². The van der Waals surface area contributed by atoms with Crippen molar-refractivity contribution in [3.05, 3.63) is 23.3 Å². The van der Waals surface area contributed by atoms with Crippen molar-refractivity contribution in [2.75, 3.05) is 6.61 Å². The molecule has 2 aliphatic heterocycles. The maximum atomic E-state index is 12.3. The highest BCUT2D eigenvalue weighted by molar-refractivity contribution is 6.04. The molecule has 7 nitrogen and oxygen atoms in total. The SMILES string of the molecule is CC(C)C[C@@H]1NC(=O)N(Cc2ncc3c(n2)CCOC3)C1=O. The number of carbonyl (C=O) groups is 2. The third kappa shape index (κ3) is 2.94. The Labute approximate surface area is 129 Å². The van der Waals surface area contributed by atoms with Gasteiger partial charge in [-0.1, -0.05) is 13.8 Å². The molecule has 3 heterocycles. The molecule has 1 aromatic heterocycles. The predicted molar refractivity (Wildman–Crippen MR) is 77.7 cm³/mol. The number of aromatic nitrogens is 2. The van der Waals surface area contributed by atoms with Gasteiger partial charge in [0, 0.05) is 18.2 Å². The number of amides is 3. The van der Waals surface area contributed by atoms with Gasteiger partial charge in [0.1, 0.15) is 11.9 Å². The third-order valence-corrected chi connectivity index (χ3v) is 3.86. The van der Waals surface area contributed by atoms with Crippen LogP contribution in [0.4, 0.5) is 4.79 Å². The third-order valence-electron chi connectivity index (χ3n) is 3.86. The first-order valence-electron chi connectivity index (χ1n) is 7.58. The number of hydrogen-bond donors (Lipinski definition) is 1. The van der Waals surface area contributed by atoms with E-state index in [1.807, 2.05) is 13.8 Å². The van der Waals surface area contributed by atoms with E-state index < -0.39 is 6.04 Å². The van der Waals surface area contributed by atoms with Crippen molar-refractivity contribution in [3.63, 3.8) is 0 Å². The number of nitrogens with one attached hydrogen (secondary N) is 1. The first-order valence-corrected chi connectivity index (χ1v) is 7.58. The first kappa shape index (κ1) is 14.9. The van der Waals surface area contributed by atoms with Gasteiger partial charge in [-0.25, -0.2) is 14.8 Å². The summed E-state index contributed by atoms with van der Waals surface area (Å²) in [5.74, 6) is 0.645. The van der Waals surface area contributed by atoms with E-state index in [1.165, 1.54) is 4.90 Å². The van der Waals surface area contributed by atoms with E-state index in [9.17, 15) is 9.59 Å². The normalized spacial score (nSPS) is 21.2. The molecule has 0 saturated carbocycles. The second-order valence-corrected chi connectivity index (χ2v) is 6.12. The maximum absolute atomic E-state index is 12.3. The van der Waals surface area contributed by atoms with Gasteiger partial charge < -0.3 is 10.1 Å². The van der Waals surface area contributed by atoms with Crippen molar-refractivity contribution >= 4 is 11.9 Å². The van der Waals surface area contributed by atoms with Gasteiger partial charge in [-0.15, -0.1) is 0 Å². The van der Waals surface area contributed by atoms with Gasteiger partial charge in [0.15, 0.2) is 0 Å². The second-order valence-electron chi connectivity index (χ2n) is 6.12. The topological polar surface area (TPSA) is 84.4 Å². The molecule has 0 unspecified atom stereocenters. The van der Waals surface area contributed by atoms with Crippen molar-refractivity contribution in [1.29, 1.82) is 0 Å². The highest BCUT2D eigenvalue weighted by atomic mass is 16.5. The van der Waals surface area contributed by atoms with Gasteiger partial charge >= 0.3 is 6.03 Å². The fourth-order valence-electron chi connectivity index (χ4n) is 2.75. The molecule has 1 N–H and O–H groups in total. The molecule has 0 aliphatic carbocycles. The van der Waals surface area contributed by atoms with Crippen LogP contribution >= 0.6 is 0 Å². The van der Waals surface area contributed by atoms with Crippen molar-refractivity contribution < 1.29 is 14.3 Å². The van der Waals surface area contributed by atoms with E-state index in [1.54, 1.807) is 6.20 Å². The molecule has 22 heavy (non-hydrogen) atoms. The number of hydrogen-bond acceptors (Lipinski definition) is 5. The van der Waals surface area contributed by atoms with Crippen LogP contribution in [0, 0.1) is 5.92 Å². The Balaban J connectivity index is 1.72. The summed E-state index contributed by atoms with van der Waals surface area (Å²) in [5.41, 5.74) is 1.92. The summed E-state index contributed by atoms with van der Waals surface area (Å²) >= 11 is 0. The molecule has 118 valence electrons. The van der Waals surface area contributed by atoms with Crippen molar-refractivity contribution in [2.45, 2.75) is 45.9 Å². The fourth-order valence-corrected chi connectivity index (χ4v) is 2.75. The molecule has 1 fully saturated rings. The molecular weight excluding hydrogens is 284 g/mol. The Kier molecular flexibility index (Phi) is 4.06. The van der Waals surface area contributed by atoms with E-state index in [0.717, 1.165) is 17.7 Å². The molecule has 0 bridgehead atoms. The molecular formula is C15H20N4O3. The highest BCUT2D eigenvalue weighted by Gasteiger charge is 2.38. The van der Waals surface area contributed by atoms with Crippen molar-refractivity contribution in [1.82, 2.24) is 20.2 Å². The largest absolute Gasteiger partial charge is 0.376 e. The molecule has 0 spiro atoms. The Morgan fingerprint density at radius 1 is 1.45 bits per heavy atom. The average Bonchev–Trinajstić information content (AvgIpc) is 2.74. The summed E-state index contributed by atoms with van der Waals surface area (Å²) < 4.78 is 5.35. The lowest BCUT2D eigenvalue weighted by molar-refractivity contribution is -0.128. The van der Waals surface area contributed by atoms with Crippen LogP contribution in [0.5, 0.6) is 0 Å². The molecule has 0 radical (unpaired) electrons. The molecule has 1 aromatic rings. The van der Waals surface area contributed by atoms with E-state index in [-0.39, 0.29) is 18.5 Å². The molecule has 1 saturated heterocycles. The van der Waals surface area contributed by atoms with Gasteiger partial charge in [-0.3, -0.25) is 9.69 Å². The Bertz CT molecular complexity index is 602. The summed E-state index contributed by atoms with van der Waals surface area (Å²) in [6, 6.07) is -0.793. The number of ether oxygens (including phenoxy) is 1. The number of imide groups is 1. The Hall–Kier alpha value is -2.02. The maximum Gasteiger partial charge on any atom is 0.325 e. The molecule has 1 atom stereocenters. The predicted octanol–water partition coefficient (Wildman–Crippen LogP) is 1.02. The lowest BCUT2D eigenvalue weighted by Crippen LogP contribution is -2.32. The number of fused-ring (bicyclic) bond motifs is 1. The second kappa shape index (κ2) is 6.00. The highest BCUT2D eigenvalue weighted by Crippen LogP contribution is 2.18. The summed E-state index contributed by atoms with van der Waals surface area (Å²) in [5, 5.41) is 2.73. The van der Waals surface area contributed by atoms with Crippen LogP contribution in [0.3, 0.4) is 0 Å². The van der Waals surface area contributed by atoms with Crippen LogP contribution in [-0.4, -0.2) is 39.5 Å². The van der Waals surface area contributed by atoms with Gasteiger partial charge in [0.25, 0.3) is 5.91 Å². The zero-order valence-electron chi connectivity index (χ0n) is 12.8. The molecule has 3 amide bonds. The van der Waals surface area contributed by atoms with E-state index >= 15 is 0 Å². The van der Waals surface area contributed by atoms with Crippen molar-refractivity contribution in [3.8, 4) is 0 Å². The van der Waals surface area contributed by atoms with Gasteiger partial charge in [-0.05, 0) is 12.3 Å². The Morgan fingerprint density at radius 3 is 3.05 bits per heavy atom. The summed E-state index contributed by atoms with van der Waals surface area (Å²) in [4.78, 5) is 34.2. The average molecular weight is 304 g/mol. The van der Waals surface area contributed by atoms with Crippen LogP contribution in [0.2, 0.25) is 0 Å². The number of rotatable bonds is 4. The summed E-state index contributed by atoms with van der Waals surface area (Å²) in [6.45, 7) is 5.33. The lowest BCUT2D eigenvalue weighted by Gasteiger charge is -2.17. The number of carbonyl (C=O) groups excluding carboxylic acids is 2. The van der Waals surface area contributed by atoms with Crippen LogP contribution in [0.1, 0.15) is 37.4 Å². The number of urea groups is 1. The van der Waals surface area contributed by atoms with Crippen LogP contribution < -0.4 is 5.32 Å². The number of nitrogens with zero attached hydrogens (tertiary/aromatic N) is 3. The summed E-state index contributed by atoms with van der Waals surface area (Å²) in [7, 11) is 0. The van der Waals surface area contributed by atoms with E-state index in [2.05, 4.69) is 15.3 Å². The van der Waals surface area contributed by atoms with Crippen molar-refractivity contribution in [2.24, 2.45) is 5.92 Å². The standard InChI is InChI=1S/C15H20N4O3/c1-9(2)5-12-14(20)19(15(21)18-12)7-13-16-6-10-8-22-4-3-11(10)17-13/h6,9,12H,3-5,7-8H2,1-2H3,(H,18,21)/t12-/m0/s1.